The Bertz CT molecular complexity index is 434. The van der Waals surface area contributed by atoms with Gasteiger partial charge in [0.2, 0.25) is 0 Å². The predicted octanol–water partition coefficient (Wildman–Crippen LogP) is 1.43. The van der Waals surface area contributed by atoms with Crippen LogP contribution in [0, 0.1) is 5.41 Å². The molecule has 2 N–H and O–H groups in total. The molecule has 1 aromatic heterocycles. The first-order chi connectivity index (χ1) is 6.95. The lowest BCUT2D eigenvalue weighted by Crippen LogP contribution is -2.00. The lowest BCUT2D eigenvalue weighted by Gasteiger charge is -1.97. The van der Waals surface area contributed by atoms with Crippen molar-refractivity contribution in [1.29, 1.82) is 0 Å². The summed E-state index contributed by atoms with van der Waals surface area (Å²) in [5, 5.41) is 8.80. The minimum atomic E-state index is -1.17. The summed E-state index contributed by atoms with van der Waals surface area (Å²) in [5.41, 5.74) is 0.0382. The third-order valence-electron chi connectivity index (χ3n) is 2.91. The lowest BCUT2D eigenvalue weighted by atomic mass is 10.1. The molecular weight excluding hydrogens is 196 g/mol. The summed E-state index contributed by atoms with van der Waals surface area (Å²) >= 11 is 0. The van der Waals surface area contributed by atoms with Crippen LogP contribution < -0.4 is 0 Å². The number of aromatic amines is 1. The van der Waals surface area contributed by atoms with Gasteiger partial charge in [-0.15, -0.1) is 0 Å². The van der Waals surface area contributed by atoms with Crippen LogP contribution in [0.3, 0.4) is 0 Å². The molecule has 80 valence electrons. The number of hydrogen-bond donors (Lipinski definition) is 2. The highest BCUT2D eigenvalue weighted by Gasteiger charge is 2.48. The molecule has 2 rings (SSSR count). The molecule has 1 unspecified atom stereocenters. The minimum absolute atomic E-state index is 0.0557. The minimum Gasteiger partial charge on any atom is -0.476 e. The van der Waals surface area contributed by atoms with Crippen molar-refractivity contribution in [3.63, 3.8) is 0 Å². The highest BCUT2D eigenvalue weighted by Crippen LogP contribution is 2.57. The van der Waals surface area contributed by atoms with Gasteiger partial charge >= 0.3 is 5.97 Å². The Labute approximate surface area is 86.5 Å². The van der Waals surface area contributed by atoms with E-state index in [1.54, 1.807) is 0 Å². The summed E-state index contributed by atoms with van der Waals surface area (Å²) in [7, 11) is 0. The summed E-state index contributed by atoms with van der Waals surface area (Å²) in [6, 6.07) is 0. The van der Waals surface area contributed by atoms with Crippen molar-refractivity contribution >= 4 is 12.3 Å². The largest absolute Gasteiger partial charge is 0.476 e. The van der Waals surface area contributed by atoms with Gasteiger partial charge in [0.05, 0.1) is 0 Å². The van der Waals surface area contributed by atoms with Crippen LogP contribution in [0.4, 0.5) is 0 Å². The van der Waals surface area contributed by atoms with Crippen molar-refractivity contribution in [2.45, 2.75) is 26.2 Å². The summed E-state index contributed by atoms with van der Waals surface area (Å²) in [6.07, 6.45) is 1.47. The number of carbonyl (C=O) groups is 2. The molecule has 1 aliphatic rings. The van der Waals surface area contributed by atoms with Crippen LogP contribution in [0.1, 0.15) is 53.0 Å². The van der Waals surface area contributed by atoms with E-state index in [0.29, 0.717) is 12.1 Å². The Kier molecular flexibility index (Phi) is 1.92. The van der Waals surface area contributed by atoms with E-state index < -0.39 is 5.97 Å². The molecule has 0 saturated heterocycles. The van der Waals surface area contributed by atoms with Crippen molar-refractivity contribution in [1.82, 2.24) is 9.97 Å². The van der Waals surface area contributed by atoms with Crippen LogP contribution in [-0.2, 0) is 0 Å². The Hall–Kier alpha value is -1.65. The van der Waals surface area contributed by atoms with Gasteiger partial charge in [-0.3, -0.25) is 4.79 Å². The number of H-pyrrole nitrogens is 1. The molecule has 1 heterocycles. The van der Waals surface area contributed by atoms with E-state index in [2.05, 4.69) is 23.8 Å². The Morgan fingerprint density at radius 2 is 2.27 bits per heavy atom. The van der Waals surface area contributed by atoms with Crippen LogP contribution >= 0.6 is 0 Å². The number of nitrogens with one attached hydrogen (secondary N) is 1. The van der Waals surface area contributed by atoms with E-state index in [-0.39, 0.29) is 22.7 Å². The molecule has 1 aliphatic carbocycles. The number of hydrogen-bond acceptors (Lipinski definition) is 3. The number of carboxylic acids is 1. The first kappa shape index (κ1) is 9.89. The summed E-state index contributed by atoms with van der Waals surface area (Å²) in [5.74, 6) is -0.318. The zero-order valence-electron chi connectivity index (χ0n) is 8.57. The van der Waals surface area contributed by atoms with Gasteiger partial charge in [0.25, 0.3) is 0 Å². The van der Waals surface area contributed by atoms with E-state index >= 15 is 0 Å². The van der Waals surface area contributed by atoms with Crippen molar-refractivity contribution in [3.05, 3.63) is 17.2 Å². The lowest BCUT2D eigenvalue weighted by molar-refractivity contribution is 0.0688. The fraction of sp³-hybridized carbons (Fsp3) is 0.500. The van der Waals surface area contributed by atoms with Crippen LogP contribution in [-0.4, -0.2) is 27.3 Å². The molecular formula is C10H12N2O3. The van der Waals surface area contributed by atoms with Crippen molar-refractivity contribution in [2.24, 2.45) is 5.41 Å². The van der Waals surface area contributed by atoms with Gasteiger partial charge in [0, 0.05) is 5.92 Å². The number of imidazole rings is 1. The monoisotopic (exact) mass is 208 g/mol. The average Bonchev–Trinajstić information content (AvgIpc) is 2.65. The van der Waals surface area contributed by atoms with Gasteiger partial charge in [0.1, 0.15) is 11.5 Å². The number of nitrogens with zero attached hydrogens (tertiary/aromatic N) is 1. The second-order valence-electron chi connectivity index (χ2n) is 4.55. The molecule has 15 heavy (non-hydrogen) atoms. The van der Waals surface area contributed by atoms with E-state index in [9.17, 15) is 9.59 Å². The maximum atomic E-state index is 10.8. The molecule has 0 aliphatic heterocycles. The summed E-state index contributed by atoms with van der Waals surface area (Å²) < 4.78 is 0. The molecule has 1 fully saturated rings. The average molecular weight is 208 g/mol. The maximum Gasteiger partial charge on any atom is 0.356 e. The fourth-order valence-electron chi connectivity index (χ4n) is 1.75. The second-order valence-corrected chi connectivity index (χ2v) is 4.55. The van der Waals surface area contributed by atoms with E-state index in [1.165, 1.54) is 0 Å². The quantitative estimate of drug-likeness (QED) is 0.736. The van der Waals surface area contributed by atoms with E-state index in [4.69, 9.17) is 5.11 Å². The van der Waals surface area contributed by atoms with Crippen molar-refractivity contribution in [2.75, 3.05) is 0 Å². The molecule has 1 saturated carbocycles. The van der Waals surface area contributed by atoms with Gasteiger partial charge in [-0.25, -0.2) is 9.78 Å². The zero-order valence-corrected chi connectivity index (χ0v) is 8.57. The van der Waals surface area contributed by atoms with Gasteiger partial charge in [-0.1, -0.05) is 13.8 Å². The highest BCUT2D eigenvalue weighted by molar-refractivity contribution is 5.94. The van der Waals surface area contributed by atoms with Crippen LogP contribution in [0.15, 0.2) is 0 Å². The molecule has 5 nitrogen and oxygen atoms in total. The van der Waals surface area contributed by atoms with Crippen LogP contribution in [0.25, 0.3) is 0 Å². The van der Waals surface area contributed by atoms with Crippen molar-refractivity contribution in [3.8, 4) is 0 Å². The SMILES string of the molecule is CC1(C)CC1c1nc(C(=O)O)c(C=O)[nH]1. The van der Waals surface area contributed by atoms with Gasteiger partial charge in [-0.2, -0.15) is 0 Å². The zero-order chi connectivity index (χ0) is 11.2. The van der Waals surface area contributed by atoms with E-state index in [1.807, 2.05) is 0 Å². The first-order valence-electron chi connectivity index (χ1n) is 4.74. The number of aromatic nitrogens is 2. The molecule has 1 aromatic rings. The molecule has 0 spiro atoms. The maximum absolute atomic E-state index is 10.8. The summed E-state index contributed by atoms with van der Waals surface area (Å²) in [6.45, 7) is 4.17. The second kappa shape index (κ2) is 2.92. The molecule has 0 radical (unpaired) electrons. The summed E-state index contributed by atoms with van der Waals surface area (Å²) in [4.78, 5) is 28.1. The van der Waals surface area contributed by atoms with Gasteiger partial charge in [-0.05, 0) is 11.8 Å². The number of carboxylic acid groups (broad SMARTS) is 1. The molecule has 0 bridgehead atoms. The first-order valence-corrected chi connectivity index (χ1v) is 4.74. The highest BCUT2D eigenvalue weighted by atomic mass is 16.4. The normalized spacial score (nSPS) is 22.4. The molecule has 0 amide bonds. The molecule has 5 heteroatoms. The number of rotatable bonds is 3. The third-order valence-corrected chi connectivity index (χ3v) is 2.91. The van der Waals surface area contributed by atoms with Gasteiger partial charge < -0.3 is 10.1 Å². The fourth-order valence-corrected chi connectivity index (χ4v) is 1.75. The molecule has 0 aromatic carbocycles. The van der Waals surface area contributed by atoms with Crippen LogP contribution in [0.5, 0.6) is 0 Å². The van der Waals surface area contributed by atoms with Crippen LogP contribution in [0.2, 0.25) is 0 Å². The predicted molar refractivity (Wildman–Crippen MR) is 52.1 cm³/mol. The Morgan fingerprint density at radius 3 is 2.60 bits per heavy atom. The number of aromatic carboxylic acids is 1. The van der Waals surface area contributed by atoms with E-state index in [0.717, 1.165) is 6.42 Å². The van der Waals surface area contributed by atoms with Gasteiger partial charge in [0.15, 0.2) is 12.0 Å². The number of carbonyl (C=O) groups excluding carboxylic acids is 1. The Balaban J connectivity index is 2.36. The molecule has 1 atom stereocenters. The third kappa shape index (κ3) is 1.54. The standard InChI is InChI=1S/C10H12N2O3/c1-10(2)3-5(10)8-11-6(4-13)7(12-8)9(14)15/h4-5H,3H2,1-2H3,(H,11,12)(H,14,15). The topological polar surface area (TPSA) is 83.0 Å². The Morgan fingerprint density at radius 1 is 1.67 bits per heavy atom. The smallest absolute Gasteiger partial charge is 0.356 e. The van der Waals surface area contributed by atoms with Crippen molar-refractivity contribution < 1.29 is 14.7 Å². The number of aldehydes is 1.